The molecule has 2 rings (SSSR count). The van der Waals surface area contributed by atoms with Gasteiger partial charge in [0.2, 0.25) is 5.91 Å². The number of hydrogen-bond donors (Lipinski definition) is 2. The van der Waals surface area contributed by atoms with Crippen molar-refractivity contribution < 1.29 is 4.79 Å². The number of piperidine rings is 1. The maximum absolute atomic E-state index is 11.7. The van der Waals surface area contributed by atoms with Crippen molar-refractivity contribution in [2.45, 2.75) is 40.0 Å². The lowest BCUT2D eigenvalue weighted by atomic mass is 9.79. The predicted molar refractivity (Wildman–Crippen MR) is 115 cm³/mol. The monoisotopic (exact) mass is 465 g/mol. The molecule has 0 aromatic rings. The van der Waals surface area contributed by atoms with E-state index in [0.29, 0.717) is 6.42 Å². The minimum absolute atomic E-state index is 0. The summed E-state index contributed by atoms with van der Waals surface area (Å²) in [6, 6.07) is 0. The molecule has 1 amide bonds. The maximum Gasteiger partial charge on any atom is 0.220 e. The number of nitrogens with one attached hydrogen (secondary N) is 2. The van der Waals surface area contributed by atoms with Crippen molar-refractivity contribution in [3.8, 4) is 0 Å². The Morgan fingerprint density at radius 1 is 1.44 bits per heavy atom. The van der Waals surface area contributed by atoms with Gasteiger partial charge in [-0.2, -0.15) is 0 Å². The zero-order chi connectivity index (χ0) is 17.8. The number of hydrogen-bond acceptors (Lipinski definition) is 3. The molecule has 0 aromatic carbocycles. The predicted octanol–water partition coefficient (Wildman–Crippen LogP) is 1.76. The van der Waals surface area contributed by atoms with E-state index < -0.39 is 0 Å². The minimum Gasteiger partial charge on any atom is -0.357 e. The summed E-state index contributed by atoms with van der Waals surface area (Å²) in [6.45, 7) is 12.1. The SMILES string of the molecule is CCNC(=NCC(C)(C)CN(C)C)N1CCCC2(CNC(=O)C2)C1.I. The zero-order valence-electron chi connectivity index (χ0n) is 16.5. The van der Waals surface area contributed by atoms with Crippen molar-refractivity contribution in [3.63, 3.8) is 0 Å². The Morgan fingerprint density at radius 3 is 2.72 bits per heavy atom. The Kier molecular flexibility index (Phi) is 8.44. The van der Waals surface area contributed by atoms with E-state index in [2.05, 4.69) is 55.3 Å². The number of nitrogens with zero attached hydrogens (tertiary/aromatic N) is 3. The largest absolute Gasteiger partial charge is 0.357 e. The van der Waals surface area contributed by atoms with Crippen LogP contribution in [0.15, 0.2) is 4.99 Å². The molecule has 1 unspecified atom stereocenters. The molecule has 0 aliphatic carbocycles. The zero-order valence-corrected chi connectivity index (χ0v) is 18.9. The fourth-order valence-corrected chi connectivity index (χ4v) is 4.05. The average Bonchev–Trinajstić information content (AvgIpc) is 2.82. The molecule has 0 radical (unpaired) electrons. The average molecular weight is 465 g/mol. The number of carbonyl (C=O) groups excluding carboxylic acids is 1. The van der Waals surface area contributed by atoms with Gasteiger partial charge in [-0.05, 0) is 39.3 Å². The van der Waals surface area contributed by atoms with Gasteiger partial charge in [0, 0.05) is 51.1 Å². The number of guanidine groups is 1. The summed E-state index contributed by atoms with van der Waals surface area (Å²) >= 11 is 0. The van der Waals surface area contributed by atoms with Gasteiger partial charge in [-0.3, -0.25) is 9.79 Å². The Balaban J connectivity index is 0.00000312. The van der Waals surface area contributed by atoms with E-state index in [1.165, 1.54) is 0 Å². The van der Waals surface area contributed by atoms with Crippen LogP contribution < -0.4 is 10.6 Å². The molecule has 0 saturated carbocycles. The Bertz CT molecular complexity index is 480. The van der Waals surface area contributed by atoms with Gasteiger partial charge in [0.1, 0.15) is 0 Å². The standard InChI is InChI=1S/C18H35N5O.HI/c1-6-19-16(21-11-17(2,3)13-22(4)5)23-9-7-8-18(14-23)10-15(24)20-12-18;/h6-14H2,1-5H3,(H,19,21)(H,20,24);1H. The van der Waals surface area contributed by atoms with Gasteiger partial charge in [0.15, 0.2) is 5.96 Å². The Labute approximate surface area is 170 Å². The molecule has 2 aliphatic rings. The van der Waals surface area contributed by atoms with E-state index in [4.69, 9.17) is 4.99 Å². The highest BCUT2D eigenvalue weighted by atomic mass is 127. The van der Waals surface area contributed by atoms with Crippen molar-refractivity contribution in [1.29, 1.82) is 0 Å². The molecule has 2 fully saturated rings. The third-order valence-corrected chi connectivity index (χ3v) is 4.89. The van der Waals surface area contributed by atoms with E-state index in [1.54, 1.807) is 0 Å². The van der Waals surface area contributed by atoms with E-state index in [9.17, 15) is 4.79 Å². The van der Waals surface area contributed by atoms with Crippen molar-refractivity contribution in [2.75, 3.05) is 53.4 Å². The molecule has 7 heteroatoms. The molecule has 2 heterocycles. The number of halogens is 1. The third kappa shape index (κ3) is 6.58. The van der Waals surface area contributed by atoms with Gasteiger partial charge < -0.3 is 20.4 Å². The van der Waals surface area contributed by atoms with E-state index in [1.807, 2.05) is 0 Å². The van der Waals surface area contributed by atoms with Crippen LogP contribution in [0.25, 0.3) is 0 Å². The summed E-state index contributed by atoms with van der Waals surface area (Å²) in [5, 5.41) is 6.47. The molecule has 1 spiro atoms. The fourth-order valence-electron chi connectivity index (χ4n) is 4.05. The second-order valence-corrected chi connectivity index (χ2v) is 8.55. The number of likely N-dealkylation sites (tertiary alicyclic amines) is 1. The smallest absolute Gasteiger partial charge is 0.220 e. The van der Waals surface area contributed by atoms with Crippen molar-refractivity contribution in [1.82, 2.24) is 20.4 Å². The molecule has 2 N–H and O–H groups in total. The van der Waals surface area contributed by atoms with Crippen molar-refractivity contribution in [2.24, 2.45) is 15.8 Å². The second-order valence-electron chi connectivity index (χ2n) is 8.55. The van der Waals surface area contributed by atoms with Gasteiger partial charge in [-0.25, -0.2) is 0 Å². The van der Waals surface area contributed by atoms with Gasteiger partial charge >= 0.3 is 0 Å². The summed E-state index contributed by atoms with van der Waals surface area (Å²) < 4.78 is 0. The minimum atomic E-state index is 0. The molecular formula is C18H36IN5O. The summed E-state index contributed by atoms with van der Waals surface area (Å²) in [5.41, 5.74) is 0.243. The van der Waals surface area contributed by atoms with Crippen LogP contribution in [-0.4, -0.2) is 75.0 Å². The molecular weight excluding hydrogens is 429 g/mol. The highest BCUT2D eigenvalue weighted by Gasteiger charge is 2.42. The first-order chi connectivity index (χ1) is 11.3. The molecule has 0 bridgehead atoms. The summed E-state index contributed by atoms with van der Waals surface area (Å²) in [7, 11) is 4.21. The van der Waals surface area contributed by atoms with Gasteiger partial charge in [0.05, 0.1) is 0 Å². The van der Waals surface area contributed by atoms with Crippen LogP contribution in [0.3, 0.4) is 0 Å². The second kappa shape index (κ2) is 9.39. The summed E-state index contributed by atoms with van der Waals surface area (Å²) in [4.78, 5) is 21.2. The van der Waals surface area contributed by atoms with Crippen LogP contribution in [0, 0.1) is 10.8 Å². The van der Waals surface area contributed by atoms with Crippen molar-refractivity contribution >= 4 is 35.8 Å². The van der Waals surface area contributed by atoms with E-state index in [-0.39, 0.29) is 40.7 Å². The van der Waals surface area contributed by atoms with Gasteiger partial charge in [-0.1, -0.05) is 13.8 Å². The van der Waals surface area contributed by atoms with Crippen LogP contribution in [0.2, 0.25) is 0 Å². The van der Waals surface area contributed by atoms with Gasteiger partial charge in [0.25, 0.3) is 0 Å². The maximum atomic E-state index is 11.7. The lowest BCUT2D eigenvalue weighted by molar-refractivity contribution is -0.119. The number of aliphatic imine (C=N–C) groups is 1. The number of carbonyl (C=O) groups is 1. The molecule has 6 nitrogen and oxygen atoms in total. The number of rotatable bonds is 5. The van der Waals surface area contributed by atoms with Crippen LogP contribution in [0.5, 0.6) is 0 Å². The first kappa shape index (κ1) is 22.5. The normalized spacial score (nSPS) is 24.5. The third-order valence-electron chi connectivity index (χ3n) is 4.89. The van der Waals surface area contributed by atoms with Crippen LogP contribution in [0.1, 0.15) is 40.0 Å². The molecule has 0 aromatic heterocycles. The first-order valence-electron chi connectivity index (χ1n) is 9.20. The first-order valence-corrected chi connectivity index (χ1v) is 9.20. The van der Waals surface area contributed by atoms with Crippen LogP contribution >= 0.6 is 24.0 Å². The number of amides is 1. The Morgan fingerprint density at radius 2 is 2.16 bits per heavy atom. The lowest BCUT2D eigenvalue weighted by Gasteiger charge is -2.41. The lowest BCUT2D eigenvalue weighted by Crippen LogP contribution is -2.51. The molecule has 146 valence electrons. The van der Waals surface area contributed by atoms with Crippen LogP contribution in [-0.2, 0) is 4.79 Å². The topological polar surface area (TPSA) is 60.0 Å². The van der Waals surface area contributed by atoms with Gasteiger partial charge in [-0.15, -0.1) is 24.0 Å². The summed E-state index contributed by atoms with van der Waals surface area (Å²) in [6.07, 6.45) is 2.92. The molecule has 1 atom stereocenters. The molecule has 2 saturated heterocycles. The quantitative estimate of drug-likeness (QED) is 0.369. The van der Waals surface area contributed by atoms with E-state index in [0.717, 1.165) is 58.1 Å². The highest BCUT2D eigenvalue weighted by Crippen LogP contribution is 2.36. The van der Waals surface area contributed by atoms with Crippen molar-refractivity contribution in [3.05, 3.63) is 0 Å². The molecule has 2 aliphatic heterocycles. The Hall–Kier alpha value is -0.570. The van der Waals surface area contributed by atoms with Crippen LogP contribution in [0.4, 0.5) is 0 Å². The molecule has 25 heavy (non-hydrogen) atoms. The summed E-state index contributed by atoms with van der Waals surface area (Å²) in [5.74, 6) is 1.20. The fraction of sp³-hybridized carbons (Fsp3) is 0.889. The highest BCUT2D eigenvalue weighted by molar-refractivity contribution is 14.0. The van der Waals surface area contributed by atoms with E-state index >= 15 is 0 Å².